The number of amides is 2. The van der Waals surface area contributed by atoms with Crippen LogP contribution in [0.3, 0.4) is 0 Å². The van der Waals surface area contributed by atoms with Gasteiger partial charge in [0.15, 0.2) is 0 Å². The zero-order chi connectivity index (χ0) is 19.6. The van der Waals surface area contributed by atoms with Crippen molar-refractivity contribution in [1.82, 2.24) is 20.1 Å². The molecule has 0 unspecified atom stereocenters. The molecule has 27 heavy (non-hydrogen) atoms. The largest absolute Gasteiger partial charge is 0.350 e. The fourth-order valence-corrected chi connectivity index (χ4v) is 3.47. The van der Waals surface area contributed by atoms with Crippen molar-refractivity contribution in [3.05, 3.63) is 65.9 Å². The number of nitrogens with one attached hydrogen (secondary N) is 3. The van der Waals surface area contributed by atoms with E-state index in [1.807, 2.05) is 35.9 Å². The van der Waals surface area contributed by atoms with Crippen LogP contribution in [-0.2, 0) is 17.1 Å². The average Bonchev–Trinajstić information content (AvgIpc) is 3.03. The van der Waals surface area contributed by atoms with Gasteiger partial charge < -0.3 is 4.57 Å². The van der Waals surface area contributed by atoms with E-state index >= 15 is 0 Å². The van der Waals surface area contributed by atoms with Crippen molar-refractivity contribution in [2.45, 2.75) is 4.90 Å². The van der Waals surface area contributed by atoms with Crippen molar-refractivity contribution in [3.8, 4) is 0 Å². The van der Waals surface area contributed by atoms with Gasteiger partial charge in [-0.15, -0.1) is 0 Å². The van der Waals surface area contributed by atoms with E-state index in [9.17, 15) is 18.0 Å². The average molecular weight is 386 g/mol. The lowest BCUT2D eigenvalue weighted by Gasteiger charge is -2.08. The summed E-state index contributed by atoms with van der Waals surface area (Å²) < 4.78 is 27.7. The summed E-state index contributed by atoms with van der Waals surface area (Å²) >= 11 is 0. The Kier molecular flexibility index (Phi) is 4.98. The van der Waals surface area contributed by atoms with E-state index in [0.717, 1.165) is 10.9 Å². The Hall–Kier alpha value is -3.17. The number of rotatable bonds is 4. The molecule has 0 spiro atoms. The number of hydrogen-bond acceptors (Lipinski definition) is 4. The Labute approximate surface area is 156 Å². The van der Waals surface area contributed by atoms with E-state index in [4.69, 9.17) is 0 Å². The number of aromatic nitrogens is 1. The standard InChI is InChI=1S/C18H18N4O4S/c1-19-27(25,26)13-7-5-6-12(10-13)17(23)20-21-18(24)15-11-22(2)16-9-4-3-8-14(15)16/h3-11,19H,1-2H3,(H,20,23)(H,21,24). The molecule has 2 aromatic carbocycles. The number of nitrogens with zero attached hydrogens (tertiary/aromatic N) is 1. The first-order valence-electron chi connectivity index (χ1n) is 8.02. The number of para-hydroxylation sites is 1. The summed E-state index contributed by atoms with van der Waals surface area (Å²) in [7, 11) is -0.561. The molecule has 3 aromatic rings. The molecule has 8 nitrogen and oxygen atoms in total. The summed E-state index contributed by atoms with van der Waals surface area (Å²) in [5.41, 5.74) is 6.07. The van der Waals surface area contributed by atoms with Crippen molar-refractivity contribution in [1.29, 1.82) is 0 Å². The Morgan fingerprint density at radius 2 is 1.67 bits per heavy atom. The number of hydrazine groups is 1. The number of carbonyl (C=O) groups excluding carboxylic acids is 2. The van der Waals surface area contributed by atoms with E-state index in [2.05, 4.69) is 15.6 Å². The third-order valence-corrected chi connectivity index (χ3v) is 5.52. The van der Waals surface area contributed by atoms with Gasteiger partial charge in [0.05, 0.1) is 10.5 Å². The normalized spacial score (nSPS) is 11.3. The Morgan fingerprint density at radius 1 is 0.963 bits per heavy atom. The van der Waals surface area contributed by atoms with Crippen LogP contribution in [0.15, 0.2) is 59.6 Å². The molecular weight excluding hydrogens is 368 g/mol. The van der Waals surface area contributed by atoms with Gasteiger partial charge >= 0.3 is 0 Å². The molecule has 0 fully saturated rings. The molecule has 0 aliphatic rings. The number of benzene rings is 2. The van der Waals surface area contributed by atoms with Crippen molar-refractivity contribution in [2.24, 2.45) is 7.05 Å². The zero-order valence-electron chi connectivity index (χ0n) is 14.7. The first-order valence-corrected chi connectivity index (χ1v) is 9.50. The van der Waals surface area contributed by atoms with Gasteiger partial charge in [-0.2, -0.15) is 0 Å². The van der Waals surface area contributed by atoms with E-state index in [0.29, 0.717) is 5.56 Å². The van der Waals surface area contributed by atoms with Crippen LogP contribution in [0.1, 0.15) is 20.7 Å². The van der Waals surface area contributed by atoms with E-state index in [-0.39, 0.29) is 10.5 Å². The predicted octanol–water partition coefficient (Wildman–Crippen LogP) is 1.16. The van der Waals surface area contributed by atoms with Crippen LogP contribution in [0, 0.1) is 0 Å². The van der Waals surface area contributed by atoms with Crippen molar-refractivity contribution in [3.63, 3.8) is 0 Å². The number of sulfonamides is 1. The van der Waals surface area contributed by atoms with Crippen LogP contribution >= 0.6 is 0 Å². The van der Waals surface area contributed by atoms with Gasteiger partial charge in [0.1, 0.15) is 0 Å². The molecule has 3 N–H and O–H groups in total. The number of aryl methyl sites for hydroxylation is 1. The lowest BCUT2D eigenvalue weighted by molar-refractivity contribution is 0.0847. The van der Waals surface area contributed by atoms with Crippen LogP contribution in [0.4, 0.5) is 0 Å². The number of hydrogen-bond donors (Lipinski definition) is 3. The lowest BCUT2D eigenvalue weighted by atomic mass is 10.2. The summed E-state index contributed by atoms with van der Waals surface area (Å²) in [6.07, 6.45) is 1.67. The molecule has 2 amide bonds. The minimum atomic E-state index is -3.67. The molecule has 0 saturated carbocycles. The second kappa shape index (κ2) is 7.22. The number of fused-ring (bicyclic) bond motifs is 1. The van der Waals surface area contributed by atoms with Gasteiger partial charge in [0.2, 0.25) is 10.0 Å². The highest BCUT2D eigenvalue weighted by molar-refractivity contribution is 7.89. The molecule has 1 heterocycles. The van der Waals surface area contributed by atoms with Crippen molar-refractivity contribution in [2.75, 3.05) is 7.05 Å². The van der Waals surface area contributed by atoms with Crippen molar-refractivity contribution >= 4 is 32.7 Å². The SMILES string of the molecule is CNS(=O)(=O)c1cccc(C(=O)NNC(=O)c2cn(C)c3ccccc23)c1. The highest BCUT2D eigenvalue weighted by Gasteiger charge is 2.17. The minimum absolute atomic E-state index is 0.0435. The fraction of sp³-hybridized carbons (Fsp3) is 0.111. The predicted molar refractivity (Wildman–Crippen MR) is 101 cm³/mol. The topological polar surface area (TPSA) is 109 Å². The van der Waals surface area contributed by atoms with Crippen molar-refractivity contribution < 1.29 is 18.0 Å². The summed E-state index contributed by atoms with van der Waals surface area (Å²) in [5.74, 6) is -1.10. The minimum Gasteiger partial charge on any atom is -0.350 e. The first kappa shape index (κ1) is 18.6. The van der Waals surface area contributed by atoms with Crippen LogP contribution < -0.4 is 15.6 Å². The summed E-state index contributed by atoms with van der Waals surface area (Å²) in [6.45, 7) is 0. The van der Waals surface area contributed by atoms with Gasteiger partial charge in [-0.05, 0) is 31.3 Å². The van der Waals surface area contributed by atoms with Gasteiger partial charge in [0.25, 0.3) is 11.8 Å². The molecule has 0 aliphatic heterocycles. The summed E-state index contributed by atoms with van der Waals surface area (Å²) in [6, 6.07) is 12.9. The smallest absolute Gasteiger partial charge is 0.271 e. The van der Waals surface area contributed by atoms with Crippen LogP contribution in [-0.4, -0.2) is 31.8 Å². The van der Waals surface area contributed by atoms with E-state index < -0.39 is 21.8 Å². The lowest BCUT2D eigenvalue weighted by Crippen LogP contribution is -2.41. The molecule has 0 bridgehead atoms. The monoisotopic (exact) mass is 386 g/mol. The Balaban J connectivity index is 1.76. The molecular formula is C18H18N4O4S. The highest BCUT2D eigenvalue weighted by Crippen LogP contribution is 2.20. The molecule has 9 heteroatoms. The molecule has 0 aliphatic carbocycles. The molecule has 0 saturated heterocycles. The molecule has 0 atom stereocenters. The second-order valence-electron chi connectivity index (χ2n) is 5.81. The first-order chi connectivity index (χ1) is 12.8. The number of carbonyl (C=O) groups is 2. The van der Waals surface area contributed by atoms with Gasteiger partial charge in [-0.25, -0.2) is 13.1 Å². The maximum atomic E-state index is 12.4. The fourth-order valence-electron chi connectivity index (χ4n) is 2.70. The quantitative estimate of drug-likeness (QED) is 0.585. The Morgan fingerprint density at radius 3 is 2.41 bits per heavy atom. The van der Waals surface area contributed by atoms with Gasteiger partial charge in [-0.1, -0.05) is 24.3 Å². The third-order valence-electron chi connectivity index (χ3n) is 4.11. The van der Waals surface area contributed by atoms with Crippen LogP contribution in [0.5, 0.6) is 0 Å². The third kappa shape index (κ3) is 3.69. The van der Waals surface area contributed by atoms with Gasteiger partial charge in [0, 0.05) is 29.7 Å². The van der Waals surface area contributed by atoms with E-state index in [1.54, 1.807) is 6.20 Å². The zero-order valence-corrected chi connectivity index (χ0v) is 15.5. The summed E-state index contributed by atoms with van der Waals surface area (Å²) in [4.78, 5) is 24.7. The van der Waals surface area contributed by atoms with Crippen LogP contribution in [0.25, 0.3) is 10.9 Å². The molecule has 0 radical (unpaired) electrons. The summed E-state index contributed by atoms with van der Waals surface area (Å²) in [5, 5.41) is 0.758. The molecule has 1 aromatic heterocycles. The molecule has 3 rings (SSSR count). The maximum absolute atomic E-state index is 12.4. The van der Waals surface area contributed by atoms with Crippen LogP contribution in [0.2, 0.25) is 0 Å². The Bertz CT molecular complexity index is 1140. The maximum Gasteiger partial charge on any atom is 0.271 e. The highest BCUT2D eigenvalue weighted by atomic mass is 32.2. The van der Waals surface area contributed by atoms with Gasteiger partial charge in [-0.3, -0.25) is 20.4 Å². The van der Waals surface area contributed by atoms with E-state index in [1.165, 1.54) is 31.3 Å². The molecule has 140 valence electrons. The second-order valence-corrected chi connectivity index (χ2v) is 7.70.